The Labute approximate surface area is 185 Å². The van der Waals surface area contributed by atoms with Crippen molar-refractivity contribution < 1.29 is 24.2 Å². The molecule has 31 heavy (non-hydrogen) atoms. The number of anilines is 1. The van der Waals surface area contributed by atoms with Crippen LogP contribution in [0.3, 0.4) is 0 Å². The van der Waals surface area contributed by atoms with Crippen molar-refractivity contribution in [2.75, 3.05) is 12.3 Å². The van der Waals surface area contributed by atoms with Gasteiger partial charge in [0.05, 0.1) is 17.2 Å². The minimum atomic E-state index is -0.950. The number of aliphatic carboxylic acids is 1. The molecule has 0 aliphatic carbocycles. The van der Waals surface area contributed by atoms with E-state index in [-0.39, 0.29) is 35.9 Å². The number of fused-ring (bicyclic) bond motifs is 1. The molecule has 1 fully saturated rings. The number of aromatic nitrogens is 3. The molecule has 0 bridgehead atoms. The minimum Gasteiger partial charge on any atom is -0.481 e. The molecule has 0 radical (unpaired) electrons. The smallest absolute Gasteiger partial charge is 0.308 e. The van der Waals surface area contributed by atoms with Gasteiger partial charge in [-0.15, -0.1) is 6.42 Å². The molecule has 3 rings (SSSR count). The number of nitrogen functional groups attached to an aromatic ring is 1. The lowest BCUT2D eigenvalue weighted by Crippen LogP contribution is -2.34. The predicted octanol–water partition coefficient (Wildman–Crippen LogP) is 3.27. The highest BCUT2D eigenvalue weighted by Gasteiger charge is 2.41. The average molecular weight is 451 g/mol. The van der Waals surface area contributed by atoms with Gasteiger partial charge in [0.25, 0.3) is 0 Å². The van der Waals surface area contributed by atoms with E-state index in [1.165, 1.54) is 0 Å². The molecule has 0 spiro atoms. The van der Waals surface area contributed by atoms with Crippen LogP contribution < -0.4 is 5.73 Å². The molecule has 0 amide bonds. The van der Waals surface area contributed by atoms with Crippen LogP contribution in [0, 0.1) is 24.2 Å². The first-order valence-electron chi connectivity index (χ1n) is 9.84. The quantitative estimate of drug-likeness (QED) is 0.403. The third kappa shape index (κ3) is 5.87. The second-order valence-corrected chi connectivity index (χ2v) is 8.18. The lowest BCUT2D eigenvalue weighted by Gasteiger charge is -2.24. The minimum absolute atomic E-state index is 0.0219. The van der Waals surface area contributed by atoms with E-state index < -0.39 is 11.6 Å². The third-order valence-electron chi connectivity index (χ3n) is 4.72. The largest absolute Gasteiger partial charge is 0.481 e. The summed E-state index contributed by atoms with van der Waals surface area (Å²) in [6.07, 6.45) is 8.33. The van der Waals surface area contributed by atoms with Gasteiger partial charge in [0, 0.05) is 6.20 Å². The summed E-state index contributed by atoms with van der Waals surface area (Å²) >= 11 is 5.91. The zero-order valence-electron chi connectivity index (χ0n) is 18.0. The molecule has 2 atom stereocenters. The maximum absolute atomic E-state index is 11.7. The Balaban J connectivity index is 0.000000501. The summed E-state index contributed by atoms with van der Waals surface area (Å²) in [6, 6.07) is 1.80. The van der Waals surface area contributed by atoms with Gasteiger partial charge in [-0.25, -0.2) is 4.98 Å². The summed E-state index contributed by atoms with van der Waals surface area (Å²) in [4.78, 5) is 29.6. The van der Waals surface area contributed by atoms with Crippen LogP contribution in [0.25, 0.3) is 11.0 Å². The topological polar surface area (TPSA) is 130 Å². The van der Waals surface area contributed by atoms with Gasteiger partial charge in [-0.05, 0) is 30.5 Å². The number of ether oxygens (including phenoxy) is 2. The first-order valence-corrected chi connectivity index (χ1v) is 10.2. The van der Waals surface area contributed by atoms with Gasteiger partial charge in [-0.2, -0.15) is 4.98 Å². The van der Waals surface area contributed by atoms with Crippen LogP contribution in [0.5, 0.6) is 0 Å². The van der Waals surface area contributed by atoms with Gasteiger partial charge in [0.2, 0.25) is 5.28 Å². The van der Waals surface area contributed by atoms with E-state index in [0.717, 1.165) is 0 Å². The number of carboxylic acid groups (broad SMARTS) is 1. The van der Waals surface area contributed by atoms with E-state index in [2.05, 4.69) is 15.9 Å². The second kappa shape index (κ2) is 9.98. The van der Waals surface area contributed by atoms with E-state index in [0.29, 0.717) is 29.7 Å². The lowest BCUT2D eigenvalue weighted by atomic mass is 10.0. The van der Waals surface area contributed by atoms with Crippen LogP contribution in [0.1, 0.15) is 46.8 Å². The van der Waals surface area contributed by atoms with Gasteiger partial charge in [0.1, 0.15) is 24.3 Å². The predicted molar refractivity (Wildman–Crippen MR) is 116 cm³/mol. The Morgan fingerprint density at radius 2 is 2.06 bits per heavy atom. The van der Waals surface area contributed by atoms with E-state index in [1.807, 2.05) is 10.8 Å². The number of carbonyl (C=O) groups excluding carboxylic acids is 1. The fourth-order valence-corrected chi connectivity index (χ4v) is 2.97. The zero-order valence-corrected chi connectivity index (χ0v) is 18.7. The molecule has 1 aliphatic rings. The van der Waals surface area contributed by atoms with Crippen molar-refractivity contribution in [3.63, 3.8) is 0 Å². The lowest BCUT2D eigenvalue weighted by molar-refractivity contribution is -0.155. The Bertz CT molecular complexity index is 998. The standard InChI is InChI=1S/C17H19ClN4O3.C4H8O2/c1-4-17(9-24-15(23)10(2)3)7-5-12(25-17)22-8-6-11-13(19)20-16(18)21-14(11)22;1-3(2)4(5)6/h1,6,8,10,12H,5,7,9H2,2-3H3,(H2,19,20,21);3H,1-2H3,(H,5,6). The van der Waals surface area contributed by atoms with E-state index in [1.54, 1.807) is 33.8 Å². The molecule has 1 saturated heterocycles. The molecule has 10 heteroatoms. The van der Waals surface area contributed by atoms with Gasteiger partial charge in [-0.3, -0.25) is 9.59 Å². The van der Waals surface area contributed by atoms with Crippen LogP contribution in [-0.4, -0.2) is 43.8 Å². The van der Waals surface area contributed by atoms with Gasteiger partial charge >= 0.3 is 11.9 Å². The van der Waals surface area contributed by atoms with Crippen LogP contribution in [-0.2, 0) is 19.1 Å². The number of esters is 1. The van der Waals surface area contributed by atoms with Crippen LogP contribution in [0.4, 0.5) is 5.82 Å². The van der Waals surface area contributed by atoms with Crippen molar-refractivity contribution in [3.05, 3.63) is 17.5 Å². The maximum atomic E-state index is 11.7. The summed E-state index contributed by atoms with van der Waals surface area (Å²) < 4.78 is 13.2. The molecular weight excluding hydrogens is 424 g/mol. The van der Waals surface area contributed by atoms with Crippen LogP contribution in [0.2, 0.25) is 5.28 Å². The molecule has 2 aromatic heterocycles. The van der Waals surface area contributed by atoms with Crippen molar-refractivity contribution in [1.82, 2.24) is 14.5 Å². The van der Waals surface area contributed by atoms with E-state index in [9.17, 15) is 9.59 Å². The number of nitrogens with two attached hydrogens (primary N) is 1. The fourth-order valence-electron chi connectivity index (χ4n) is 2.80. The Morgan fingerprint density at radius 1 is 1.42 bits per heavy atom. The number of rotatable bonds is 5. The number of carbonyl (C=O) groups is 2. The van der Waals surface area contributed by atoms with Crippen molar-refractivity contribution in [3.8, 4) is 12.3 Å². The summed E-state index contributed by atoms with van der Waals surface area (Å²) in [6.45, 7) is 6.84. The van der Waals surface area contributed by atoms with Crippen molar-refractivity contribution >= 4 is 40.4 Å². The first-order chi connectivity index (χ1) is 14.5. The summed E-state index contributed by atoms with van der Waals surface area (Å²) in [5.74, 6) is 1.45. The molecule has 0 aromatic carbocycles. The molecule has 168 valence electrons. The van der Waals surface area contributed by atoms with Crippen LogP contribution >= 0.6 is 11.6 Å². The maximum Gasteiger partial charge on any atom is 0.308 e. The van der Waals surface area contributed by atoms with E-state index >= 15 is 0 Å². The Hall–Kier alpha value is -2.83. The van der Waals surface area contributed by atoms with Crippen molar-refractivity contribution in [2.24, 2.45) is 11.8 Å². The second-order valence-electron chi connectivity index (χ2n) is 7.84. The number of halogens is 1. The molecule has 2 aromatic rings. The molecule has 3 heterocycles. The molecule has 3 N–H and O–H groups in total. The normalized spacial score (nSPS) is 20.4. The SMILES string of the molecule is C#CC1(COC(=O)C(C)C)CCC(n2ccc3c(N)nc(Cl)nc32)O1.CC(C)C(=O)O. The van der Waals surface area contributed by atoms with Gasteiger partial charge in [0.15, 0.2) is 5.60 Å². The highest BCUT2D eigenvalue weighted by Crippen LogP contribution is 2.38. The number of hydrogen-bond acceptors (Lipinski definition) is 7. The van der Waals surface area contributed by atoms with E-state index in [4.69, 9.17) is 38.3 Å². The number of hydrogen-bond donors (Lipinski definition) is 2. The Morgan fingerprint density at radius 3 is 2.61 bits per heavy atom. The van der Waals surface area contributed by atoms with Gasteiger partial charge < -0.3 is 24.9 Å². The molecule has 9 nitrogen and oxygen atoms in total. The fraction of sp³-hybridized carbons (Fsp3) is 0.524. The van der Waals surface area contributed by atoms with Crippen molar-refractivity contribution in [1.29, 1.82) is 0 Å². The first kappa shape index (κ1) is 24.4. The van der Waals surface area contributed by atoms with Gasteiger partial charge in [-0.1, -0.05) is 33.6 Å². The third-order valence-corrected chi connectivity index (χ3v) is 4.89. The summed E-state index contributed by atoms with van der Waals surface area (Å²) in [7, 11) is 0. The number of terminal acetylenes is 1. The molecule has 0 saturated carbocycles. The average Bonchev–Trinajstić information content (AvgIpc) is 3.31. The highest BCUT2D eigenvalue weighted by molar-refractivity contribution is 6.28. The number of carboxylic acids is 1. The van der Waals surface area contributed by atoms with Crippen LogP contribution in [0.15, 0.2) is 12.3 Å². The number of nitrogens with zero attached hydrogens (tertiary/aromatic N) is 3. The monoisotopic (exact) mass is 450 g/mol. The Kier molecular flexibility index (Phi) is 7.87. The molecular formula is C21H27ClN4O5. The molecule has 1 aliphatic heterocycles. The summed E-state index contributed by atoms with van der Waals surface area (Å²) in [5.41, 5.74) is 5.51. The summed E-state index contributed by atoms with van der Waals surface area (Å²) in [5, 5.41) is 8.75. The zero-order chi connectivity index (χ0) is 23.3. The highest BCUT2D eigenvalue weighted by atomic mass is 35.5. The molecule has 2 unspecified atom stereocenters. The van der Waals surface area contributed by atoms with Crippen molar-refractivity contribution in [2.45, 2.75) is 52.4 Å².